The van der Waals surface area contributed by atoms with Gasteiger partial charge in [0.2, 0.25) is 0 Å². The molecule has 1 saturated heterocycles. The van der Waals surface area contributed by atoms with E-state index in [1.165, 1.54) is 4.68 Å². The van der Waals surface area contributed by atoms with Gasteiger partial charge in [-0.25, -0.2) is 8.42 Å². The molecular weight excluding hydrogens is 276 g/mol. The lowest BCUT2D eigenvalue weighted by molar-refractivity contribution is 0.189. The molecule has 1 aliphatic heterocycles. The molecule has 0 aromatic carbocycles. The summed E-state index contributed by atoms with van der Waals surface area (Å²) in [6.45, 7) is 1.01. The normalized spacial score (nSPS) is 34.0. The Bertz CT molecular complexity index is 664. The molecule has 0 amide bonds. The largest absolute Gasteiger partial charge is 0.324 e. The fourth-order valence-electron chi connectivity index (χ4n) is 3.45. The maximum atomic E-state index is 12.8. The Morgan fingerprint density at radius 2 is 2.15 bits per heavy atom. The number of aromatic nitrogens is 2. The second kappa shape index (κ2) is 3.84. The molecule has 0 radical (unpaired) electrons. The first-order valence-electron chi connectivity index (χ1n) is 7.23. The second-order valence-corrected chi connectivity index (χ2v) is 8.46. The van der Waals surface area contributed by atoms with Crippen molar-refractivity contribution in [3.63, 3.8) is 0 Å². The monoisotopic (exact) mass is 296 g/mol. The van der Waals surface area contributed by atoms with Gasteiger partial charge < -0.3 is 5.73 Å². The van der Waals surface area contributed by atoms with Gasteiger partial charge in [-0.05, 0) is 31.6 Å². The van der Waals surface area contributed by atoms with Crippen LogP contribution >= 0.6 is 0 Å². The Balaban J connectivity index is 1.66. The predicted molar refractivity (Wildman–Crippen MR) is 73.6 cm³/mol. The molecular formula is C13H20N4O2S. The molecule has 2 saturated carbocycles. The number of aryl methyl sites for hydroxylation is 1. The van der Waals surface area contributed by atoms with Crippen molar-refractivity contribution in [2.45, 2.75) is 42.2 Å². The summed E-state index contributed by atoms with van der Waals surface area (Å²) in [6, 6.07) is 1.75. The number of sulfonamides is 1. The minimum Gasteiger partial charge on any atom is -0.324 e. The van der Waals surface area contributed by atoms with Crippen LogP contribution < -0.4 is 5.73 Å². The van der Waals surface area contributed by atoms with E-state index in [1.807, 2.05) is 0 Å². The molecule has 110 valence electrons. The van der Waals surface area contributed by atoms with Crippen LogP contribution in [0, 0.1) is 5.92 Å². The van der Waals surface area contributed by atoms with Gasteiger partial charge in [0.15, 0.2) is 5.03 Å². The van der Waals surface area contributed by atoms with Crippen molar-refractivity contribution in [3.05, 3.63) is 11.8 Å². The smallest absolute Gasteiger partial charge is 0.260 e. The highest BCUT2D eigenvalue weighted by molar-refractivity contribution is 7.89. The highest BCUT2D eigenvalue weighted by atomic mass is 32.2. The molecule has 7 heteroatoms. The number of hydrogen-bond acceptors (Lipinski definition) is 4. The molecule has 2 atom stereocenters. The van der Waals surface area contributed by atoms with Crippen LogP contribution in [0.4, 0.5) is 0 Å². The zero-order chi connectivity index (χ0) is 14.1. The Morgan fingerprint density at radius 1 is 1.40 bits per heavy atom. The summed E-state index contributed by atoms with van der Waals surface area (Å²) in [7, 11) is -1.75. The van der Waals surface area contributed by atoms with Crippen molar-refractivity contribution in [3.8, 4) is 0 Å². The maximum absolute atomic E-state index is 12.8. The highest BCUT2D eigenvalue weighted by Gasteiger charge is 2.53. The third-order valence-electron chi connectivity index (χ3n) is 5.12. The zero-order valence-corrected chi connectivity index (χ0v) is 12.4. The van der Waals surface area contributed by atoms with Crippen molar-refractivity contribution in [1.82, 2.24) is 14.1 Å². The van der Waals surface area contributed by atoms with Gasteiger partial charge in [-0.15, -0.1) is 0 Å². The second-order valence-electron chi connectivity index (χ2n) is 6.57. The van der Waals surface area contributed by atoms with E-state index in [9.17, 15) is 8.42 Å². The summed E-state index contributed by atoms with van der Waals surface area (Å²) in [5.41, 5.74) is 6.87. The average Bonchev–Trinajstić information content (AvgIpc) is 3.10. The summed E-state index contributed by atoms with van der Waals surface area (Å²) in [5.74, 6) is 0.786. The molecule has 3 fully saturated rings. The van der Waals surface area contributed by atoms with Gasteiger partial charge in [0.1, 0.15) is 0 Å². The van der Waals surface area contributed by atoms with Crippen LogP contribution in [-0.4, -0.2) is 41.1 Å². The van der Waals surface area contributed by atoms with E-state index in [0.29, 0.717) is 30.0 Å². The Morgan fingerprint density at radius 3 is 2.65 bits per heavy atom. The van der Waals surface area contributed by atoms with E-state index in [0.717, 1.165) is 31.4 Å². The molecule has 2 N–H and O–H groups in total. The molecule has 2 aliphatic carbocycles. The summed E-state index contributed by atoms with van der Waals surface area (Å²) >= 11 is 0. The fourth-order valence-corrected chi connectivity index (χ4v) is 5.14. The zero-order valence-electron chi connectivity index (χ0n) is 11.6. The van der Waals surface area contributed by atoms with E-state index in [4.69, 9.17) is 5.73 Å². The summed E-state index contributed by atoms with van der Waals surface area (Å²) in [5, 5.41) is 4.67. The molecule has 6 nitrogen and oxygen atoms in total. The SMILES string of the molecule is Cn1nc(C2CC2)cc1S(=O)(=O)N1C[C@@H]2CC[C@]2(N)C1. The third-order valence-corrected chi connectivity index (χ3v) is 6.99. The van der Waals surface area contributed by atoms with Gasteiger partial charge >= 0.3 is 0 Å². The van der Waals surface area contributed by atoms with Crippen molar-refractivity contribution in [1.29, 1.82) is 0 Å². The Hall–Kier alpha value is -0.920. The standard InChI is InChI=1S/C13H20N4O2S/c1-16-12(6-11(15-16)9-2-3-9)20(18,19)17-7-10-4-5-13(10,14)8-17/h6,9-10H,2-5,7-8,14H2,1H3/t10-,13-/m0/s1. The predicted octanol–water partition coefficient (Wildman–Crippen LogP) is 0.409. The average molecular weight is 296 g/mol. The fraction of sp³-hybridized carbons (Fsp3) is 0.769. The summed E-state index contributed by atoms with van der Waals surface area (Å²) in [4.78, 5) is 0. The summed E-state index contributed by atoms with van der Waals surface area (Å²) in [6.07, 6.45) is 4.21. The van der Waals surface area contributed by atoms with Gasteiger partial charge in [0, 0.05) is 37.7 Å². The Labute approximate surface area is 119 Å². The van der Waals surface area contributed by atoms with Crippen molar-refractivity contribution < 1.29 is 8.42 Å². The van der Waals surface area contributed by atoms with Crippen LogP contribution in [0.5, 0.6) is 0 Å². The molecule has 2 heterocycles. The van der Waals surface area contributed by atoms with Gasteiger partial charge in [-0.2, -0.15) is 9.40 Å². The molecule has 1 aromatic rings. The lowest BCUT2D eigenvalue weighted by Crippen LogP contribution is -2.54. The van der Waals surface area contributed by atoms with Crippen LogP contribution in [0.3, 0.4) is 0 Å². The van der Waals surface area contributed by atoms with Gasteiger partial charge in [0.05, 0.1) is 5.69 Å². The number of nitrogens with two attached hydrogens (primary N) is 1. The molecule has 0 unspecified atom stereocenters. The number of nitrogens with zero attached hydrogens (tertiary/aromatic N) is 3. The third kappa shape index (κ3) is 1.69. The minimum atomic E-state index is -3.46. The first kappa shape index (κ1) is 12.8. The molecule has 3 aliphatic rings. The minimum absolute atomic E-state index is 0.287. The molecule has 1 aromatic heterocycles. The topological polar surface area (TPSA) is 81.2 Å². The maximum Gasteiger partial charge on any atom is 0.260 e. The van der Waals surface area contributed by atoms with Crippen molar-refractivity contribution in [2.75, 3.05) is 13.1 Å². The van der Waals surface area contributed by atoms with Crippen LogP contribution in [0.1, 0.15) is 37.3 Å². The van der Waals surface area contributed by atoms with E-state index in [2.05, 4.69) is 5.10 Å². The van der Waals surface area contributed by atoms with E-state index < -0.39 is 10.0 Å². The number of fused-ring (bicyclic) bond motifs is 1. The first-order valence-corrected chi connectivity index (χ1v) is 8.67. The molecule has 20 heavy (non-hydrogen) atoms. The van der Waals surface area contributed by atoms with Gasteiger partial charge in [0.25, 0.3) is 10.0 Å². The van der Waals surface area contributed by atoms with Crippen LogP contribution in [-0.2, 0) is 17.1 Å². The number of hydrogen-bond donors (Lipinski definition) is 1. The molecule has 0 bridgehead atoms. The van der Waals surface area contributed by atoms with Gasteiger partial charge in [-0.3, -0.25) is 4.68 Å². The summed E-state index contributed by atoms with van der Waals surface area (Å²) < 4.78 is 28.6. The number of rotatable bonds is 3. The van der Waals surface area contributed by atoms with E-state index in [-0.39, 0.29) is 5.54 Å². The lowest BCUT2D eigenvalue weighted by atomic mass is 9.70. The van der Waals surface area contributed by atoms with E-state index in [1.54, 1.807) is 17.4 Å². The van der Waals surface area contributed by atoms with Crippen LogP contribution in [0.2, 0.25) is 0 Å². The van der Waals surface area contributed by atoms with E-state index >= 15 is 0 Å². The lowest BCUT2D eigenvalue weighted by Gasteiger charge is -2.40. The first-order chi connectivity index (χ1) is 9.40. The van der Waals surface area contributed by atoms with Crippen molar-refractivity contribution in [2.24, 2.45) is 18.7 Å². The molecule has 0 spiro atoms. The quantitative estimate of drug-likeness (QED) is 0.876. The van der Waals surface area contributed by atoms with Crippen LogP contribution in [0.15, 0.2) is 11.1 Å². The van der Waals surface area contributed by atoms with Crippen molar-refractivity contribution >= 4 is 10.0 Å². The molecule has 4 rings (SSSR count). The van der Waals surface area contributed by atoms with Crippen LogP contribution in [0.25, 0.3) is 0 Å². The Kier molecular flexibility index (Phi) is 2.45. The van der Waals surface area contributed by atoms with Gasteiger partial charge in [-0.1, -0.05) is 0 Å². The highest BCUT2D eigenvalue weighted by Crippen LogP contribution is 2.44.